The van der Waals surface area contributed by atoms with Crippen molar-refractivity contribution in [2.45, 2.75) is 57.4 Å². The average molecular weight is 463 g/mol. The van der Waals surface area contributed by atoms with E-state index in [1.54, 1.807) is 17.7 Å². The van der Waals surface area contributed by atoms with Crippen molar-refractivity contribution >= 4 is 55.1 Å². The fraction of sp³-hybridized carbons (Fsp3) is 0.360. The van der Waals surface area contributed by atoms with E-state index in [1.807, 2.05) is 31.2 Å². The van der Waals surface area contributed by atoms with Gasteiger partial charge in [-0.25, -0.2) is 15.0 Å². The van der Waals surface area contributed by atoms with Gasteiger partial charge in [-0.2, -0.15) is 0 Å². The molecule has 0 bridgehead atoms. The van der Waals surface area contributed by atoms with Crippen molar-refractivity contribution < 1.29 is 4.79 Å². The number of rotatable bonds is 6. The summed E-state index contributed by atoms with van der Waals surface area (Å²) in [6, 6.07) is 7.85. The van der Waals surface area contributed by atoms with Gasteiger partial charge in [-0.3, -0.25) is 4.79 Å². The second-order valence-corrected chi connectivity index (χ2v) is 10.3. The highest BCUT2D eigenvalue weighted by Crippen LogP contribution is 2.41. The van der Waals surface area contributed by atoms with E-state index in [9.17, 15) is 4.79 Å². The smallest absolute Gasteiger partial charge is 0.234 e. The maximum absolute atomic E-state index is 12.5. The summed E-state index contributed by atoms with van der Waals surface area (Å²) in [6.07, 6.45) is 8.45. The molecule has 0 fully saturated rings. The van der Waals surface area contributed by atoms with Crippen LogP contribution in [0.4, 0.5) is 5.69 Å². The summed E-state index contributed by atoms with van der Waals surface area (Å²) in [5.74, 6) is 0.273. The van der Waals surface area contributed by atoms with Gasteiger partial charge in [0.25, 0.3) is 0 Å². The molecular weight excluding hydrogens is 436 g/mol. The molecule has 164 valence electrons. The first-order chi connectivity index (χ1) is 15.6. The summed E-state index contributed by atoms with van der Waals surface area (Å²) in [4.78, 5) is 27.9. The van der Waals surface area contributed by atoms with E-state index >= 15 is 0 Å². The SMILES string of the molecule is CCCc1nc2sc3c(SCC(=O)Nc4cccc(C)c4)ncnc3c2c2c1CCCC2. The zero-order chi connectivity index (χ0) is 22.1. The van der Waals surface area contributed by atoms with Crippen molar-refractivity contribution in [2.75, 3.05) is 11.1 Å². The van der Waals surface area contributed by atoms with Crippen LogP contribution in [0.3, 0.4) is 0 Å². The molecule has 3 heterocycles. The molecule has 1 aliphatic carbocycles. The number of aromatic nitrogens is 3. The van der Waals surface area contributed by atoms with Crippen LogP contribution in [-0.4, -0.2) is 26.6 Å². The van der Waals surface area contributed by atoms with Crippen LogP contribution < -0.4 is 5.32 Å². The van der Waals surface area contributed by atoms with Gasteiger partial charge in [0.2, 0.25) is 5.91 Å². The summed E-state index contributed by atoms with van der Waals surface area (Å²) in [5.41, 5.74) is 7.11. The van der Waals surface area contributed by atoms with Crippen molar-refractivity contribution in [3.05, 3.63) is 53.0 Å². The first-order valence-corrected chi connectivity index (χ1v) is 13.0. The Morgan fingerprint density at radius 2 is 2.03 bits per heavy atom. The van der Waals surface area contributed by atoms with Crippen LogP contribution in [0.1, 0.15) is 48.6 Å². The third kappa shape index (κ3) is 4.11. The number of pyridine rings is 1. The Hall–Kier alpha value is -2.51. The molecule has 7 heteroatoms. The molecule has 32 heavy (non-hydrogen) atoms. The quantitative estimate of drug-likeness (QED) is 0.277. The fourth-order valence-corrected chi connectivity index (χ4v) is 6.57. The second kappa shape index (κ2) is 9.16. The maximum Gasteiger partial charge on any atom is 0.234 e. The predicted octanol–water partition coefficient (Wildman–Crippen LogP) is 6.11. The fourth-order valence-electron chi connectivity index (χ4n) is 4.52. The van der Waals surface area contributed by atoms with Gasteiger partial charge in [-0.05, 0) is 67.9 Å². The molecule has 0 spiro atoms. The number of benzene rings is 1. The van der Waals surface area contributed by atoms with E-state index in [0.717, 1.165) is 57.0 Å². The Bertz CT molecular complexity index is 1310. The van der Waals surface area contributed by atoms with E-state index in [1.165, 1.54) is 46.8 Å². The Balaban J connectivity index is 1.47. The monoisotopic (exact) mass is 462 g/mol. The van der Waals surface area contributed by atoms with E-state index in [-0.39, 0.29) is 5.91 Å². The van der Waals surface area contributed by atoms with Crippen molar-refractivity contribution in [1.82, 2.24) is 15.0 Å². The zero-order valence-corrected chi connectivity index (χ0v) is 20.0. The number of carbonyl (C=O) groups excluding carboxylic acids is 1. The standard InChI is InChI=1S/C25H26N4OS2/c1-3-7-19-17-10-4-5-11-18(17)21-22-23(32-24(21)29-19)25(27-14-26-22)31-13-20(30)28-16-9-6-8-15(2)12-16/h6,8-9,12,14H,3-5,7,10-11,13H2,1-2H3,(H,28,30). The van der Waals surface area contributed by atoms with Gasteiger partial charge >= 0.3 is 0 Å². The zero-order valence-electron chi connectivity index (χ0n) is 18.4. The molecular formula is C25H26N4OS2. The van der Waals surface area contributed by atoms with Crippen LogP contribution in [0.25, 0.3) is 20.4 Å². The lowest BCUT2D eigenvalue weighted by Gasteiger charge is -2.19. The van der Waals surface area contributed by atoms with Gasteiger partial charge in [-0.1, -0.05) is 37.2 Å². The molecule has 1 aliphatic rings. The number of nitrogens with zero attached hydrogens (tertiary/aromatic N) is 3. The number of nitrogens with one attached hydrogen (secondary N) is 1. The summed E-state index contributed by atoms with van der Waals surface area (Å²) < 4.78 is 1.05. The van der Waals surface area contributed by atoms with Crippen molar-refractivity contribution in [1.29, 1.82) is 0 Å². The first kappa shape index (κ1) is 21.3. The number of hydrogen-bond donors (Lipinski definition) is 1. The van der Waals surface area contributed by atoms with Crippen LogP contribution in [0.5, 0.6) is 0 Å². The number of amides is 1. The summed E-state index contributed by atoms with van der Waals surface area (Å²) in [5, 5.41) is 5.05. The molecule has 0 radical (unpaired) electrons. The van der Waals surface area contributed by atoms with Crippen LogP contribution in [-0.2, 0) is 24.1 Å². The van der Waals surface area contributed by atoms with Crippen LogP contribution in [0.2, 0.25) is 0 Å². The summed E-state index contributed by atoms with van der Waals surface area (Å²) in [7, 11) is 0. The largest absolute Gasteiger partial charge is 0.325 e. The second-order valence-electron chi connectivity index (χ2n) is 8.32. The lowest BCUT2D eigenvalue weighted by atomic mass is 9.88. The number of hydrogen-bond acceptors (Lipinski definition) is 6. The molecule has 5 rings (SSSR count). The normalized spacial score (nSPS) is 13.4. The molecule has 0 saturated carbocycles. The average Bonchev–Trinajstić information content (AvgIpc) is 3.17. The third-order valence-electron chi connectivity index (χ3n) is 5.90. The highest BCUT2D eigenvalue weighted by atomic mass is 32.2. The van der Waals surface area contributed by atoms with E-state index < -0.39 is 0 Å². The number of carbonyl (C=O) groups is 1. The van der Waals surface area contributed by atoms with E-state index in [0.29, 0.717) is 5.75 Å². The molecule has 1 aromatic carbocycles. The predicted molar refractivity (Wildman–Crippen MR) is 134 cm³/mol. The van der Waals surface area contributed by atoms with Gasteiger partial charge in [0.15, 0.2) is 0 Å². The van der Waals surface area contributed by atoms with Crippen molar-refractivity contribution in [2.24, 2.45) is 0 Å². The molecule has 0 saturated heterocycles. The topological polar surface area (TPSA) is 67.8 Å². The highest BCUT2D eigenvalue weighted by Gasteiger charge is 2.23. The Labute approximate surface area is 196 Å². The van der Waals surface area contributed by atoms with Crippen LogP contribution >= 0.6 is 23.1 Å². The Morgan fingerprint density at radius 3 is 2.84 bits per heavy atom. The molecule has 3 aromatic heterocycles. The lowest BCUT2D eigenvalue weighted by molar-refractivity contribution is -0.113. The van der Waals surface area contributed by atoms with Crippen molar-refractivity contribution in [3.63, 3.8) is 0 Å². The molecule has 0 atom stereocenters. The molecule has 1 N–H and O–H groups in total. The lowest BCUT2D eigenvalue weighted by Crippen LogP contribution is -2.14. The number of anilines is 1. The van der Waals surface area contributed by atoms with Crippen molar-refractivity contribution in [3.8, 4) is 0 Å². The highest BCUT2D eigenvalue weighted by molar-refractivity contribution is 8.00. The van der Waals surface area contributed by atoms with Crippen LogP contribution in [0.15, 0.2) is 35.6 Å². The summed E-state index contributed by atoms with van der Waals surface area (Å²) in [6.45, 7) is 4.23. The molecule has 1 amide bonds. The minimum Gasteiger partial charge on any atom is -0.325 e. The number of aryl methyl sites for hydroxylation is 3. The first-order valence-electron chi connectivity index (χ1n) is 11.2. The Morgan fingerprint density at radius 1 is 1.19 bits per heavy atom. The van der Waals surface area contributed by atoms with Gasteiger partial charge < -0.3 is 5.32 Å². The Kier molecular flexibility index (Phi) is 6.11. The third-order valence-corrected chi connectivity index (χ3v) is 8.10. The number of thioether (sulfide) groups is 1. The maximum atomic E-state index is 12.5. The molecule has 0 unspecified atom stereocenters. The molecule has 0 aliphatic heterocycles. The van der Waals surface area contributed by atoms with E-state index in [2.05, 4.69) is 22.2 Å². The van der Waals surface area contributed by atoms with Gasteiger partial charge in [0.05, 0.1) is 16.0 Å². The van der Waals surface area contributed by atoms with Gasteiger partial charge in [0.1, 0.15) is 16.2 Å². The number of thiophene rings is 1. The molecule has 4 aromatic rings. The van der Waals surface area contributed by atoms with Gasteiger partial charge in [0, 0.05) is 16.8 Å². The summed E-state index contributed by atoms with van der Waals surface area (Å²) >= 11 is 3.14. The minimum atomic E-state index is -0.0331. The van der Waals surface area contributed by atoms with E-state index in [4.69, 9.17) is 4.98 Å². The van der Waals surface area contributed by atoms with Crippen LogP contribution in [0, 0.1) is 6.92 Å². The minimum absolute atomic E-state index is 0.0331. The van der Waals surface area contributed by atoms with Gasteiger partial charge in [-0.15, -0.1) is 11.3 Å². The molecule has 5 nitrogen and oxygen atoms in total. The number of fused-ring (bicyclic) bond motifs is 5.